The Morgan fingerprint density at radius 3 is 2.46 bits per heavy atom. The van der Waals surface area contributed by atoms with Crippen LogP contribution in [0.2, 0.25) is 5.02 Å². The monoisotopic (exact) mass is 387 g/mol. The minimum Gasteiger partial charge on any atom is -0.490 e. The maximum absolute atomic E-state index is 5.95. The van der Waals surface area contributed by atoms with Crippen LogP contribution in [0, 0.1) is 0 Å². The lowest BCUT2D eigenvalue weighted by Gasteiger charge is -2.14. The summed E-state index contributed by atoms with van der Waals surface area (Å²) in [7, 11) is 0. The van der Waals surface area contributed by atoms with Gasteiger partial charge in [-0.25, -0.2) is 0 Å². The SMILES string of the molecule is CCOc1cc(CNCc2cccs2)ccc1OCc1ccc(Cl)cc1. The van der Waals surface area contributed by atoms with Crippen molar-refractivity contribution < 1.29 is 9.47 Å². The fourth-order valence-electron chi connectivity index (χ4n) is 2.53. The number of rotatable bonds is 9. The van der Waals surface area contributed by atoms with Crippen LogP contribution in [0.5, 0.6) is 11.5 Å². The molecule has 0 aliphatic rings. The number of hydrogen-bond donors (Lipinski definition) is 1. The van der Waals surface area contributed by atoms with E-state index in [0.29, 0.717) is 13.2 Å². The largest absolute Gasteiger partial charge is 0.490 e. The predicted molar refractivity (Wildman–Crippen MR) is 108 cm³/mol. The highest BCUT2D eigenvalue weighted by Gasteiger charge is 2.07. The minimum absolute atomic E-state index is 0.479. The van der Waals surface area contributed by atoms with E-state index in [0.717, 1.165) is 35.2 Å². The highest BCUT2D eigenvalue weighted by molar-refractivity contribution is 7.09. The van der Waals surface area contributed by atoms with E-state index in [1.165, 1.54) is 10.4 Å². The van der Waals surface area contributed by atoms with Gasteiger partial charge in [-0.15, -0.1) is 11.3 Å². The lowest BCUT2D eigenvalue weighted by atomic mass is 10.2. The normalized spacial score (nSPS) is 10.7. The fourth-order valence-corrected chi connectivity index (χ4v) is 3.34. The first-order valence-corrected chi connectivity index (χ1v) is 9.86. The Bertz CT molecular complexity index is 803. The summed E-state index contributed by atoms with van der Waals surface area (Å²) in [5.41, 5.74) is 2.24. The van der Waals surface area contributed by atoms with Crippen molar-refractivity contribution in [3.63, 3.8) is 0 Å². The molecular formula is C21H22ClNO2S. The zero-order valence-electron chi connectivity index (χ0n) is 14.7. The molecule has 3 rings (SSSR count). The Morgan fingerprint density at radius 1 is 0.923 bits per heavy atom. The van der Waals surface area contributed by atoms with Gasteiger partial charge in [0.05, 0.1) is 6.61 Å². The van der Waals surface area contributed by atoms with E-state index in [2.05, 4.69) is 28.9 Å². The first-order chi connectivity index (χ1) is 12.7. The molecule has 3 nitrogen and oxygen atoms in total. The van der Waals surface area contributed by atoms with Crippen molar-refractivity contribution in [3.8, 4) is 11.5 Å². The van der Waals surface area contributed by atoms with Crippen LogP contribution in [0.15, 0.2) is 60.0 Å². The Hall–Kier alpha value is -2.01. The van der Waals surface area contributed by atoms with E-state index >= 15 is 0 Å². The summed E-state index contributed by atoms with van der Waals surface area (Å²) in [5.74, 6) is 1.53. The fraction of sp³-hybridized carbons (Fsp3) is 0.238. The third-order valence-corrected chi connectivity index (χ3v) is 4.95. The second-order valence-corrected chi connectivity index (χ2v) is 7.28. The van der Waals surface area contributed by atoms with Crippen LogP contribution in [0.3, 0.4) is 0 Å². The van der Waals surface area contributed by atoms with Gasteiger partial charge in [-0.3, -0.25) is 0 Å². The maximum atomic E-state index is 5.95. The highest BCUT2D eigenvalue weighted by Crippen LogP contribution is 2.29. The zero-order valence-corrected chi connectivity index (χ0v) is 16.3. The topological polar surface area (TPSA) is 30.5 Å². The van der Waals surface area contributed by atoms with Gasteiger partial charge in [-0.05, 0) is 53.8 Å². The van der Waals surface area contributed by atoms with Crippen LogP contribution in [-0.2, 0) is 19.7 Å². The molecule has 1 aromatic heterocycles. The van der Waals surface area contributed by atoms with Gasteiger partial charge in [-0.2, -0.15) is 0 Å². The summed E-state index contributed by atoms with van der Waals surface area (Å²) in [6.07, 6.45) is 0. The minimum atomic E-state index is 0.479. The van der Waals surface area contributed by atoms with Crippen LogP contribution in [0.1, 0.15) is 22.9 Å². The van der Waals surface area contributed by atoms with Crippen molar-refractivity contribution in [1.82, 2.24) is 5.32 Å². The average molecular weight is 388 g/mol. The van der Waals surface area contributed by atoms with E-state index in [1.54, 1.807) is 11.3 Å². The summed E-state index contributed by atoms with van der Waals surface area (Å²) < 4.78 is 11.7. The van der Waals surface area contributed by atoms with Crippen molar-refractivity contribution >= 4 is 22.9 Å². The molecule has 0 spiro atoms. The second-order valence-electron chi connectivity index (χ2n) is 5.81. The molecule has 5 heteroatoms. The molecule has 1 N–H and O–H groups in total. The van der Waals surface area contributed by atoms with E-state index in [-0.39, 0.29) is 0 Å². The number of hydrogen-bond acceptors (Lipinski definition) is 4. The molecule has 0 radical (unpaired) electrons. The summed E-state index contributed by atoms with van der Waals surface area (Å²) in [4.78, 5) is 1.33. The number of ether oxygens (including phenoxy) is 2. The molecular weight excluding hydrogens is 366 g/mol. The summed E-state index contributed by atoms with van der Waals surface area (Å²) in [6, 6.07) is 18.0. The highest BCUT2D eigenvalue weighted by atomic mass is 35.5. The van der Waals surface area contributed by atoms with E-state index in [4.69, 9.17) is 21.1 Å². The van der Waals surface area contributed by atoms with Gasteiger partial charge < -0.3 is 14.8 Å². The van der Waals surface area contributed by atoms with E-state index in [1.807, 2.05) is 43.3 Å². The third kappa shape index (κ3) is 5.49. The molecule has 0 aliphatic heterocycles. The molecule has 0 unspecified atom stereocenters. The molecule has 1 heterocycles. The van der Waals surface area contributed by atoms with Crippen molar-refractivity contribution in [2.45, 2.75) is 26.6 Å². The lowest BCUT2D eigenvalue weighted by Crippen LogP contribution is -2.12. The summed E-state index contributed by atoms with van der Waals surface area (Å²) >= 11 is 7.68. The maximum Gasteiger partial charge on any atom is 0.161 e. The van der Waals surface area contributed by atoms with Gasteiger partial charge in [0.15, 0.2) is 11.5 Å². The first kappa shape index (κ1) is 18.8. The van der Waals surface area contributed by atoms with Crippen molar-refractivity contribution in [2.24, 2.45) is 0 Å². The molecule has 0 bridgehead atoms. The van der Waals surface area contributed by atoms with Crippen LogP contribution >= 0.6 is 22.9 Å². The first-order valence-electron chi connectivity index (χ1n) is 8.60. The molecule has 0 saturated carbocycles. The number of nitrogens with one attached hydrogen (secondary N) is 1. The van der Waals surface area contributed by atoms with Crippen molar-refractivity contribution in [2.75, 3.05) is 6.61 Å². The molecule has 0 fully saturated rings. The molecule has 0 aliphatic carbocycles. The smallest absolute Gasteiger partial charge is 0.161 e. The molecule has 26 heavy (non-hydrogen) atoms. The summed E-state index contributed by atoms with van der Waals surface area (Å²) in [6.45, 7) is 4.72. The standard InChI is InChI=1S/C21H22ClNO2S/c1-2-24-21-12-17(13-23-14-19-4-3-11-26-19)7-10-20(21)25-15-16-5-8-18(22)9-6-16/h3-12,23H,2,13-15H2,1H3. The van der Waals surface area contributed by atoms with E-state index in [9.17, 15) is 0 Å². The van der Waals surface area contributed by atoms with Gasteiger partial charge >= 0.3 is 0 Å². The number of thiophene rings is 1. The third-order valence-electron chi connectivity index (χ3n) is 3.82. The van der Waals surface area contributed by atoms with E-state index < -0.39 is 0 Å². The predicted octanol–water partition coefficient (Wildman–Crippen LogP) is 5.67. The average Bonchev–Trinajstić information content (AvgIpc) is 3.16. The molecule has 0 atom stereocenters. The molecule has 0 amide bonds. The second kappa shape index (κ2) is 9.62. The van der Waals surface area contributed by atoms with Crippen molar-refractivity contribution in [3.05, 3.63) is 81.0 Å². The molecule has 136 valence electrons. The van der Waals surface area contributed by atoms with Crippen LogP contribution < -0.4 is 14.8 Å². The Labute approximate surface area is 163 Å². The number of benzene rings is 2. The molecule has 2 aromatic carbocycles. The van der Waals surface area contributed by atoms with Crippen molar-refractivity contribution in [1.29, 1.82) is 0 Å². The lowest BCUT2D eigenvalue weighted by molar-refractivity contribution is 0.269. The molecule has 3 aromatic rings. The Morgan fingerprint density at radius 2 is 1.73 bits per heavy atom. The molecule has 0 saturated heterocycles. The quantitative estimate of drug-likeness (QED) is 0.513. The van der Waals surface area contributed by atoms with Gasteiger partial charge in [0.25, 0.3) is 0 Å². The van der Waals surface area contributed by atoms with Gasteiger partial charge in [0, 0.05) is 23.0 Å². The van der Waals surface area contributed by atoms with Gasteiger partial charge in [0.1, 0.15) is 6.61 Å². The number of halogens is 1. The van der Waals surface area contributed by atoms with Gasteiger partial charge in [-0.1, -0.05) is 35.9 Å². The Kier molecular flexibility index (Phi) is 6.95. The zero-order chi connectivity index (χ0) is 18.2. The van der Waals surface area contributed by atoms with Crippen LogP contribution in [-0.4, -0.2) is 6.61 Å². The van der Waals surface area contributed by atoms with Gasteiger partial charge in [0.2, 0.25) is 0 Å². The van der Waals surface area contributed by atoms with Crippen LogP contribution in [0.25, 0.3) is 0 Å². The summed E-state index contributed by atoms with van der Waals surface area (Å²) in [5, 5.41) is 6.28. The van der Waals surface area contributed by atoms with Crippen LogP contribution in [0.4, 0.5) is 0 Å². The Balaban J connectivity index is 1.60.